The largest absolute Gasteiger partial charge is 0.461 e. The Morgan fingerprint density at radius 3 is 2.59 bits per heavy atom. The van der Waals surface area contributed by atoms with Crippen LogP contribution < -0.4 is 0 Å². The fraction of sp³-hybridized carbons (Fsp3) is 0.550. The highest BCUT2D eigenvalue weighted by Crippen LogP contribution is 2.67. The van der Waals surface area contributed by atoms with Gasteiger partial charge in [0.25, 0.3) is 0 Å². The molecule has 114 valence electrons. The fourth-order valence-electron chi connectivity index (χ4n) is 6.12. The first-order valence-corrected chi connectivity index (χ1v) is 8.70. The predicted molar refractivity (Wildman–Crippen MR) is 83.7 cm³/mol. The second kappa shape index (κ2) is 4.71. The Labute approximate surface area is 131 Å². The Morgan fingerprint density at radius 1 is 1.00 bits per heavy atom. The van der Waals surface area contributed by atoms with Gasteiger partial charge in [-0.2, -0.15) is 0 Å². The van der Waals surface area contributed by atoms with Crippen molar-refractivity contribution in [2.75, 3.05) is 0 Å². The number of hydrogen-bond donors (Lipinski definition) is 0. The zero-order chi connectivity index (χ0) is 14.7. The summed E-state index contributed by atoms with van der Waals surface area (Å²) in [4.78, 5) is 12.6. The first kappa shape index (κ1) is 12.9. The molecule has 1 aromatic carbocycles. The van der Waals surface area contributed by atoms with E-state index in [1.807, 2.05) is 30.3 Å². The summed E-state index contributed by atoms with van der Waals surface area (Å²) in [5.74, 6) is 4.86. The molecule has 3 saturated carbocycles. The van der Waals surface area contributed by atoms with E-state index < -0.39 is 0 Å². The van der Waals surface area contributed by atoms with Crippen LogP contribution in [-0.4, -0.2) is 5.97 Å². The lowest BCUT2D eigenvalue weighted by atomic mass is 9.69. The van der Waals surface area contributed by atoms with Gasteiger partial charge in [-0.1, -0.05) is 42.5 Å². The van der Waals surface area contributed by atoms with Crippen molar-refractivity contribution in [1.82, 2.24) is 0 Å². The lowest BCUT2D eigenvalue weighted by Crippen LogP contribution is -2.35. The van der Waals surface area contributed by atoms with Gasteiger partial charge in [-0.25, -0.2) is 0 Å². The van der Waals surface area contributed by atoms with Gasteiger partial charge in [-0.15, -0.1) is 0 Å². The van der Waals surface area contributed by atoms with E-state index in [9.17, 15) is 4.79 Å². The van der Waals surface area contributed by atoms with E-state index >= 15 is 0 Å². The van der Waals surface area contributed by atoms with Crippen molar-refractivity contribution < 1.29 is 9.53 Å². The molecule has 0 aromatic heterocycles. The van der Waals surface area contributed by atoms with Crippen molar-refractivity contribution >= 4 is 5.97 Å². The second-order valence-corrected chi connectivity index (χ2v) is 7.70. The smallest absolute Gasteiger partial charge is 0.309 e. The van der Waals surface area contributed by atoms with Gasteiger partial charge in [0.1, 0.15) is 6.61 Å². The van der Waals surface area contributed by atoms with Crippen molar-refractivity contribution in [3.05, 3.63) is 48.0 Å². The number of rotatable bonds is 3. The second-order valence-electron chi connectivity index (χ2n) is 7.70. The van der Waals surface area contributed by atoms with Crippen molar-refractivity contribution in [3.63, 3.8) is 0 Å². The van der Waals surface area contributed by atoms with Crippen molar-refractivity contribution in [2.24, 2.45) is 41.4 Å². The number of hydrogen-bond acceptors (Lipinski definition) is 2. The van der Waals surface area contributed by atoms with Crippen LogP contribution in [0.15, 0.2) is 42.5 Å². The molecule has 2 heteroatoms. The topological polar surface area (TPSA) is 26.3 Å². The molecule has 1 aromatic rings. The van der Waals surface area contributed by atoms with Crippen LogP contribution in [0.4, 0.5) is 0 Å². The van der Waals surface area contributed by atoms with Gasteiger partial charge in [-0.05, 0) is 60.3 Å². The first-order chi connectivity index (χ1) is 10.8. The molecule has 0 heterocycles. The minimum absolute atomic E-state index is 0.0570. The lowest BCUT2D eigenvalue weighted by molar-refractivity contribution is -0.153. The molecule has 3 fully saturated rings. The summed E-state index contributed by atoms with van der Waals surface area (Å²) in [5, 5.41) is 0. The van der Waals surface area contributed by atoms with Crippen LogP contribution in [-0.2, 0) is 16.1 Å². The third-order valence-electron chi connectivity index (χ3n) is 6.80. The Balaban J connectivity index is 1.28. The average molecular weight is 294 g/mol. The molecule has 0 spiro atoms. The van der Waals surface area contributed by atoms with Crippen LogP contribution >= 0.6 is 0 Å². The number of ether oxygens (including phenoxy) is 1. The number of allylic oxidation sites excluding steroid dienone is 2. The van der Waals surface area contributed by atoms with E-state index in [1.54, 1.807) is 0 Å². The standard InChI is InChI=1S/C20H22O2/c21-20(22-11-12-4-2-1-3-5-12)17-10-15-9-16(17)19-14-7-6-13(8-14)18(15)19/h1-7,13-19H,8-11H2. The Hall–Kier alpha value is -1.57. The summed E-state index contributed by atoms with van der Waals surface area (Å²) in [6, 6.07) is 10.0. The fourth-order valence-corrected chi connectivity index (χ4v) is 6.12. The number of carbonyl (C=O) groups excluding carboxylic acids is 1. The van der Waals surface area contributed by atoms with E-state index in [-0.39, 0.29) is 11.9 Å². The molecule has 0 aliphatic heterocycles. The van der Waals surface area contributed by atoms with Gasteiger partial charge in [0.2, 0.25) is 0 Å². The van der Waals surface area contributed by atoms with E-state index in [1.165, 1.54) is 12.8 Å². The van der Waals surface area contributed by atoms with E-state index in [0.717, 1.165) is 41.6 Å². The van der Waals surface area contributed by atoms with Crippen LogP contribution in [0.2, 0.25) is 0 Å². The number of carbonyl (C=O) groups is 1. The Morgan fingerprint density at radius 2 is 1.77 bits per heavy atom. The number of benzene rings is 1. The lowest BCUT2D eigenvalue weighted by Gasteiger charge is -2.35. The van der Waals surface area contributed by atoms with Gasteiger partial charge >= 0.3 is 5.97 Å². The molecule has 0 amide bonds. The van der Waals surface area contributed by atoms with Gasteiger partial charge in [0.15, 0.2) is 0 Å². The van der Waals surface area contributed by atoms with Crippen LogP contribution in [0.1, 0.15) is 24.8 Å². The Bertz CT molecular complexity index is 620. The van der Waals surface area contributed by atoms with Crippen LogP contribution in [0.3, 0.4) is 0 Å². The third kappa shape index (κ3) is 1.76. The molecule has 0 radical (unpaired) electrons. The van der Waals surface area contributed by atoms with Gasteiger partial charge < -0.3 is 4.74 Å². The summed E-state index contributed by atoms with van der Waals surface area (Å²) in [6.07, 6.45) is 8.59. The SMILES string of the molecule is O=C(OCc1ccccc1)C1CC2CC1C1C3C=CC(C3)C21. The van der Waals surface area contributed by atoms with Crippen LogP contribution in [0.25, 0.3) is 0 Å². The van der Waals surface area contributed by atoms with E-state index in [4.69, 9.17) is 4.74 Å². The maximum absolute atomic E-state index is 12.6. The molecule has 4 bridgehead atoms. The summed E-state index contributed by atoms with van der Waals surface area (Å²) >= 11 is 0. The molecule has 0 N–H and O–H groups in total. The molecule has 2 nitrogen and oxygen atoms in total. The van der Waals surface area contributed by atoms with Crippen LogP contribution in [0.5, 0.6) is 0 Å². The maximum atomic E-state index is 12.6. The number of esters is 1. The molecule has 7 atom stereocenters. The maximum Gasteiger partial charge on any atom is 0.309 e. The highest BCUT2D eigenvalue weighted by molar-refractivity contribution is 5.73. The first-order valence-electron chi connectivity index (χ1n) is 8.70. The molecule has 5 rings (SSSR count). The summed E-state index contributed by atoms with van der Waals surface area (Å²) in [6.45, 7) is 0.424. The molecule has 0 saturated heterocycles. The van der Waals surface area contributed by atoms with Gasteiger partial charge in [0, 0.05) is 0 Å². The third-order valence-corrected chi connectivity index (χ3v) is 6.80. The monoisotopic (exact) mass is 294 g/mol. The highest BCUT2D eigenvalue weighted by Gasteiger charge is 2.62. The van der Waals surface area contributed by atoms with E-state index in [2.05, 4.69) is 12.2 Å². The van der Waals surface area contributed by atoms with Crippen molar-refractivity contribution in [3.8, 4) is 0 Å². The van der Waals surface area contributed by atoms with Crippen LogP contribution in [0, 0.1) is 41.4 Å². The molecule has 22 heavy (non-hydrogen) atoms. The van der Waals surface area contributed by atoms with Gasteiger partial charge in [0.05, 0.1) is 5.92 Å². The molecule has 4 aliphatic rings. The Kier molecular flexibility index (Phi) is 2.77. The summed E-state index contributed by atoms with van der Waals surface area (Å²) < 4.78 is 5.64. The zero-order valence-electron chi connectivity index (χ0n) is 12.7. The quantitative estimate of drug-likeness (QED) is 0.481. The summed E-state index contributed by atoms with van der Waals surface area (Å²) in [7, 11) is 0. The van der Waals surface area contributed by atoms with E-state index in [0.29, 0.717) is 12.5 Å². The predicted octanol–water partition coefficient (Wildman–Crippen LogP) is 3.82. The molecular formula is C20H22O2. The molecule has 4 aliphatic carbocycles. The minimum Gasteiger partial charge on any atom is -0.461 e. The minimum atomic E-state index is 0.0570. The zero-order valence-corrected chi connectivity index (χ0v) is 12.7. The molecule has 7 unspecified atom stereocenters. The highest BCUT2D eigenvalue weighted by atomic mass is 16.5. The normalized spacial score (nSPS) is 43.5. The van der Waals surface area contributed by atoms with Crippen molar-refractivity contribution in [2.45, 2.75) is 25.9 Å². The van der Waals surface area contributed by atoms with Gasteiger partial charge in [-0.3, -0.25) is 4.79 Å². The summed E-state index contributed by atoms with van der Waals surface area (Å²) in [5.41, 5.74) is 1.08. The van der Waals surface area contributed by atoms with Crippen molar-refractivity contribution in [1.29, 1.82) is 0 Å². The average Bonchev–Trinajstić information content (AvgIpc) is 3.30. The molecular weight excluding hydrogens is 272 g/mol. The number of fused-ring (bicyclic) bond motifs is 9.